The molecule has 0 N–H and O–H groups in total. The SMILES string of the molecule is O=C1N(CN2CCN(c3ccccc3F)CC2)c2ccccc2[C@@]12OC[C@H](CCl)O2. The summed E-state index contributed by atoms with van der Waals surface area (Å²) in [4.78, 5) is 19.4. The van der Waals surface area contributed by atoms with Gasteiger partial charge in [0.15, 0.2) is 0 Å². The van der Waals surface area contributed by atoms with E-state index in [1.54, 1.807) is 17.0 Å². The molecule has 8 heteroatoms. The van der Waals surface area contributed by atoms with Crippen molar-refractivity contribution in [1.82, 2.24) is 4.90 Å². The fraction of sp³-hybridized carbons (Fsp3) is 0.409. The van der Waals surface area contributed by atoms with Crippen LogP contribution in [0, 0.1) is 5.82 Å². The summed E-state index contributed by atoms with van der Waals surface area (Å²) in [5.74, 6) is -1.55. The topological polar surface area (TPSA) is 45.3 Å². The highest BCUT2D eigenvalue weighted by Crippen LogP contribution is 2.47. The first-order chi connectivity index (χ1) is 14.6. The lowest BCUT2D eigenvalue weighted by molar-refractivity contribution is -0.185. The molecule has 5 rings (SSSR count). The first-order valence-electron chi connectivity index (χ1n) is 10.1. The summed E-state index contributed by atoms with van der Waals surface area (Å²) < 4.78 is 26.0. The van der Waals surface area contributed by atoms with Crippen molar-refractivity contribution in [3.05, 3.63) is 59.9 Å². The molecule has 2 atom stereocenters. The summed E-state index contributed by atoms with van der Waals surface area (Å²) in [6.45, 7) is 3.55. The van der Waals surface area contributed by atoms with Crippen LogP contribution < -0.4 is 9.80 Å². The third kappa shape index (κ3) is 3.17. The lowest BCUT2D eigenvalue weighted by Crippen LogP contribution is -2.52. The van der Waals surface area contributed by atoms with Crippen LogP contribution in [-0.2, 0) is 20.1 Å². The van der Waals surface area contributed by atoms with Gasteiger partial charge in [-0.25, -0.2) is 4.39 Å². The van der Waals surface area contributed by atoms with Crippen LogP contribution in [0.25, 0.3) is 0 Å². The normalized spacial score (nSPS) is 26.6. The molecule has 30 heavy (non-hydrogen) atoms. The maximum absolute atomic E-state index is 14.1. The molecule has 2 fully saturated rings. The molecular formula is C22H23ClFN3O3. The van der Waals surface area contributed by atoms with Gasteiger partial charge in [-0.1, -0.05) is 30.3 Å². The van der Waals surface area contributed by atoms with Gasteiger partial charge < -0.3 is 14.4 Å². The number of piperazine rings is 1. The first kappa shape index (κ1) is 19.8. The molecule has 2 aromatic carbocycles. The van der Waals surface area contributed by atoms with Crippen LogP contribution in [0.1, 0.15) is 5.56 Å². The highest BCUT2D eigenvalue weighted by atomic mass is 35.5. The van der Waals surface area contributed by atoms with Crippen LogP contribution >= 0.6 is 11.6 Å². The average Bonchev–Trinajstić information content (AvgIpc) is 3.32. The predicted octanol–water partition coefficient (Wildman–Crippen LogP) is 2.76. The average molecular weight is 432 g/mol. The highest BCUT2D eigenvalue weighted by molar-refractivity contribution is 6.18. The first-order valence-corrected chi connectivity index (χ1v) is 10.7. The van der Waals surface area contributed by atoms with Crippen molar-refractivity contribution in [3.63, 3.8) is 0 Å². The number of carbonyl (C=O) groups excluding carboxylic acids is 1. The van der Waals surface area contributed by atoms with Crippen LogP contribution in [0.2, 0.25) is 0 Å². The number of amides is 1. The third-order valence-electron chi connectivity index (χ3n) is 5.96. The Morgan fingerprint density at radius 2 is 1.73 bits per heavy atom. The Morgan fingerprint density at radius 3 is 2.43 bits per heavy atom. The maximum atomic E-state index is 14.1. The summed E-state index contributed by atoms with van der Waals surface area (Å²) in [5, 5.41) is 0. The minimum absolute atomic E-state index is 0.207. The molecule has 1 amide bonds. The lowest BCUT2D eigenvalue weighted by atomic mass is 10.1. The minimum atomic E-state index is -1.40. The predicted molar refractivity (Wildman–Crippen MR) is 112 cm³/mol. The van der Waals surface area contributed by atoms with Crippen molar-refractivity contribution < 1.29 is 18.7 Å². The number of anilines is 2. The van der Waals surface area contributed by atoms with Crippen LogP contribution in [0.3, 0.4) is 0 Å². The summed E-state index contributed by atoms with van der Waals surface area (Å²) in [5.41, 5.74) is 2.15. The van der Waals surface area contributed by atoms with Crippen molar-refractivity contribution in [2.24, 2.45) is 0 Å². The fourth-order valence-electron chi connectivity index (χ4n) is 4.41. The number of fused-ring (bicyclic) bond motifs is 2. The number of nitrogens with zero attached hydrogens (tertiary/aromatic N) is 3. The Morgan fingerprint density at radius 1 is 1.03 bits per heavy atom. The molecule has 3 aliphatic heterocycles. The summed E-state index contributed by atoms with van der Waals surface area (Å²) in [6.07, 6.45) is -0.312. The molecule has 6 nitrogen and oxygen atoms in total. The molecule has 0 saturated carbocycles. The number of halogens is 2. The Bertz CT molecular complexity index is 953. The van der Waals surface area contributed by atoms with Crippen LogP contribution in [0.5, 0.6) is 0 Å². The monoisotopic (exact) mass is 431 g/mol. The zero-order chi connectivity index (χ0) is 20.7. The van der Waals surface area contributed by atoms with E-state index in [2.05, 4.69) is 4.90 Å². The molecule has 3 aliphatic rings. The van der Waals surface area contributed by atoms with E-state index < -0.39 is 5.79 Å². The van der Waals surface area contributed by atoms with Gasteiger partial charge >= 0.3 is 0 Å². The van der Waals surface area contributed by atoms with E-state index in [9.17, 15) is 9.18 Å². The molecule has 0 aromatic heterocycles. The van der Waals surface area contributed by atoms with Gasteiger partial charge in [0.05, 0.1) is 36.6 Å². The van der Waals surface area contributed by atoms with Gasteiger partial charge in [0.2, 0.25) is 0 Å². The number of alkyl halides is 1. The standard InChI is InChI=1S/C22H23ClFN3O3/c23-13-16-14-29-22(30-16)17-5-1-3-7-19(17)27(21(22)28)15-25-9-11-26(12-10-25)20-8-4-2-6-18(20)24/h1-8,16H,9-15H2/t16-,22-/m0/s1. The van der Waals surface area contributed by atoms with E-state index in [0.29, 0.717) is 32.1 Å². The van der Waals surface area contributed by atoms with E-state index in [-0.39, 0.29) is 23.7 Å². The molecule has 1 spiro atoms. The van der Waals surface area contributed by atoms with Gasteiger partial charge in [-0.2, -0.15) is 0 Å². The fourth-order valence-corrected chi connectivity index (χ4v) is 4.56. The smallest absolute Gasteiger partial charge is 0.293 e. The lowest BCUT2D eigenvalue weighted by Gasteiger charge is -2.38. The third-order valence-corrected chi connectivity index (χ3v) is 6.30. The van der Waals surface area contributed by atoms with E-state index in [1.165, 1.54) is 6.07 Å². The molecule has 0 bridgehead atoms. The quantitative estimate of drug-likeness (QED) is 0.697. The molecule has 0 aliphatic carbocycles. The number of carbonyl (C=O) groups is 1. The van der Waals surface area contributed by atoms with Crippen LogP contribution in [0.15, 0.2) is 48.5 Å². The maximum Gasteiger partial charge on any atom is 0.293 e. The highest BCUT2D eigenvalue weighted by Gasteiger charge is 2.58. The van der Waals surface area contributed by atoms with Crippen molar-refractivity contribution in [2.45, 2.75) is 11.9 Å². The van der Waals surface area contributed by atoms with Crippen LogP contribution in [0.4, 0.5) is 15.8 Å². The number of hydrogen-bond acceptors (Lipinski definition) is 5. The van der Waals surface area contributed by atoms with Crippen LogP contribution in [-0.4, -0.2) is 62.2 Å². The van der Waals surface area contributed by atoms with Crippen molar-refractivity contribution in [1.29, 1.82) is 0 Å². The zero-order valence-electron chi connectivity index (χ0n) is 16.5. The largest absolute Gasteiger partial charge is 0.367 e. The van der Waals surface area contributed by atoms with Gasteiger partial charge in [-0.15, -0.1) is 11.6 Å². The Labute approximate surface area is 179 Å². The van der Waals surface area contributed by atoms with E-state index >= 15 is 0 Å². The zero-order valence-corrected chi connectivity index (χ0v) is 17.2. The Hall–Kier alpha value is -2.19. The number of benzene rings is 2. The number of rotatable bonds is 4. The van der Waals surface area contributed by atoms with E-state index in [4.69, 9.17) is 21.1 Å². The van der Waals surface area contributed by atoms with E-state index in [0.717, 1.165) is 24.3 Å². The molecule has 2 saturated heterocycles. The molecule has 2 aromatic rings. The summed E-state index contributed by atoms with van der Waals surface area (Å²) >= 11 is 5.94. The van der Waals surface area contributed by atoms with Gasteiger partial charge in [-0.3, -0.25) is 14.6 Å². The summed E-state index contributed by atoms with van der Waals surface area (Å²) in [6, 6.07) is 14.4. The van der Waals surface area contributed by atoms with Gasteiger partial charge in [0.25, 0.3) is 11.7 Å². The molecule has 0 unspecified atom stereocenters. The summed E-state index contributed by atoms with van der Waals surface area (Å²) in [7, 11) is 0. The van der Waals surface area contributed by atoms with E-state index in [1.807, 2.05) is 35.2 Å². The molecule has 158 valence electrons. The second kappa shape index (κ2) is 7.81. The second-order valence-corrected chi connectivity index (χ2v) is 8.08. The number of ether oxygens (including phenoxy) is 2. The molecular weight excluding hydrogens is 409 g/mol. The molecule has 3 heterocycles. The number of hydrogen-bond donors (Lipinski definition) is 0. The van der Waals surface area contributed by atoms with Crippen molar-refractivity contribution in [2.75, 3.05) is 55.1 Å². The van der Waals surface area contributed by atoms with Gasteiger partial charge in [0, 0.05) is 31.7 Å². The second-order valence-electron chi connectivity index (χ2n) is 7.77. The Kier molecular flexibility index (Phi) is 5.14. The van der Waals surface area contributed by atoms with Crippen molar-refractivity contribution >= 4 is 28.9 Å². The van der Waals surface area contributed by atoms with Gasteiger partial charge in [0.1, 0.15) is 5.82 Å². The number of para-hydroxylation sites is 2. The van der Waals surface area contributed by atoms with Gasteiger partial charge in [-0.05, 0) is 18.2 Å². The molecule has 0 radical (unpaired) electrons. The van der Waals surface area contributed by atoms with Crippen molar-refractivity contribution in [3.8, 4) is 0 Å². The Balaban J connectivity index is 1.31. The minimum Gasteiger partial charge on any atom is -0.367 e.